The molecule has 0 aliphatic carbocycles. The number of carbonyl (C=O) groups excluding carboxylic acids is 1. The van der Waals surface area contributed by atoms with Gasteiger partial charge in [-0.15, -0.1) is 0 Å². The molecule has 1 rings (SSSR count). The summed E-state index contributed by atoms with van der Waals surface area (Å²) in [6, 6.07) is 2.39. The van der Waals surface area contributed by atoms with Gasteiger partial charge in [0.2, 0.25) is 0 Å². The van der Waals surface area contributed by atoms with E-state index in [-0.39, 0.29) is 10.2 Å². The number of halogens is 4. The SMILES string of the molecule is Cc1cc(Br)c(F)cc1NC(=O)C(F)F. The van der Waals surface area contributed by atoms with Gasteiger partial charge in [-0.2, -0.15) is 8.78 Å². The van der Waals surface area contributed by atoms with Crippen LogP contribution in [0.3, 0.4) is 0 Å². The normalized spacial score (nSPS) is 10.5. The minimum atomic E-state index is -3.11. The number of rotatable bonds is 2. The van der Waals surface area contributed by atoms with Gasteiger partial charge in [-0.3, -0.25) is 4.79 Å². The second-order valence-corrected chi connectivity index (χ2v) is 3.73. The quantitative estimate of drug-likeness (QED) is 0.887. The van der Waals surface area contributed by atoms with Crippen molar-refractivity contribution in [3.8, 4) is 0 Å². The molecule has 0 radical (unpaired) electrons. The third kappa shape index (κ3) is 2.95. The molecule has 0 saturated carbocycles. The van der Waals surface area contributed by atoms with E-state index in [1.807, 2.05) is 5.32 Å². The monoisotopic (exact) mass is 281 g/mol. The van der Waals surface area contributed by atoms with Gasteiger partial charge in [0.25, 0.3) is 5.91 Å². The van der Waals surface area contributed by atoms with Crippen LogP contribution in [0.25, 0.3) is 0 Å². The second kappa shape index (κ2) is 4.65. The zero-order chi connectivity index (χ0) is 11.6. The molecule has 0 unspecified atom stereocenters. The molecular formula is C9H7BrF3NO. The Balaban J connectivity index is 2.96. The Labute approximate surface area is 92.6 Å². The maximum atomic E-state index is 13.0. The van der Waals surface area contributed by atoms with Crippen molar-refractivity contribution in [2.24, 2.45) is 0 Å². The molecule has 6 heteroatoms. The van der Waals surface area contributed by atoms with Crippen LogP contribution in [-0.4, -0.2) is 12.3 Å². The Morgan fingerprint density at radius 2 is 2.07 bits per heavy atom. The molecule has 1 aromatic rings. The number of benzene rings is 1. The fourth-order valence-electron chi connectivity index (χ4n) is 0.968. The van der Waals surface area contributed by atoms with E-state index in [0.717, 1.165) is 6.07 Å². The minimum Gasteiger partial charge on any atom is -0.321 e. The van der Waals surface area contributed by atoms with Crippen molar-refractivity contribution >= 4 is 27.5 Å². The molecular weight excluding hydrogens is 275 g/mol. The lowest BCUT2D eigenvalue weighted by atomic mass is 10.2. The van der Waals surface area contributed by atoms with Crippen LogP contribution in [0, 0.1) is 12.7 Å². The van der Waals surface area contributed by atoms with Crippen LogP contribution in [0.2, 0.25) is 0 Å². The minimum absolute atomic E-state index is 0.0426. The summed E-state index contributed by atoms with van der Waals surface area (Å²) in [6.07, 6.45) is -3.11. The molecule has 2 nitrogen and oxygen atoms in total. The van der Waals surface area contributed by atoms with Gasteiger partial charge in [0, 0.05) is 5.69 Å². The topological polar surface area (TPSA) is 29.1 Å². The van der Waals surface area contributed by atoms with E-state index < -0.39 is 18.1 Å². The Hall–Kier alpha value is -1.04. The maximum Gasteiger partial charge on any atom is 0.315 e. The smallest absolute Gasteiger partial charge is 0.315 e. The van der Waals surface area contributed by atoms with E-state index in [9.17, 15) is 18.0 Å². The lowest BCUT2D eigenvalue weighted by Crippen LogP contribution is -2.20. The van der Waals surface area contributed by atoms with Crippen LogP contribution in [0.15, 0.2) is 16.6 Å². The summed E-state index contributed by atoms with van der Waals surface area (Å²) in [5.74, 6) is -2.06. The van der Waals surface area contributed by atoms with Crippen LogP contribution in [0.1, 0.15) is 5.56 Å². The lowest BCUT2D eigenvalue weighted by molar-refractivity contribution is -0.126. The first-order valence-electron chi connectivity index (χ1n) is 3.96. The molecule has 0 heterocycles. The zero-order valence-corrected chi connectivity index (χ0v) is 9.24. The molecule has 15 heavy (non-hydrogen) atoms. The third-order valence-corrected chi connectivity index (χ3v) is 2.33. The molecule has 82 valence electrons. The second-order valence-electron chi connectivity index (χ2n) is 2.87. The highest BCUT2D eigenvalue weighted by Crippen LogP contribution is 2.24. The van der Waals surface area contributed by atoms with Crippen molar-refractivity contribution in [1.82, 2.24) is 0 Å². The number of hydrogen-bond donors (Lipinski definition) is 1. The molecule has 0 aliphatic rings. The third-order valence-electron chi connectivity index (χ3n) is 1.72. The van der Waals surface area contributed by atoms with Crippen LogP contribution in [0.4, 0.5) is 18.9 Å². The summed E-state index contributed by atoms with van der Waals surface area (Å²) < 4.78 is 37.1. The lowest BCUT2D eigenvalue weighted by Gasteiger charge is -2.08. The number of amides is 1. The zero-order valence-electron chi connectivity index (χ0n) is 7.65. The molecule has 0 aromatic heterocycles. The van der Waals surface area contributed by atoms with Gasteiger partial charge in [-0.05, 0) is 40.5 Å². The summed E-state index contributed by atoms with van der Waals surface area (Å²) in [7, 11) is 0. The maximum absolute atomic E-state index is 13.0. The molecule has 0 fully saturated rings. The molecule has 0 spiro atoms. The molecule has 0 aliphatic heterocycles. The van der Waals surface area contributed by atoms with Crippen molar-refractivity contribution in [2.45, 2.75) is 13.3 Å². The van der Waals surface area contributed by atoms with Crippen molar-refractivity contribution in [3.05, 3.63) is 28.0 Å². The first-order valence-corrected chi connectivity index (χ1v) is 4.75. The number of anilines is 1. The highest BCUT2D eigenvalue weighted by molar-refractivity contribution is 9.10. The van der Waals surface area contributed by atoms with Crippen LogP contribution in [-0.2, 0) is 4.79 Å². The largest absolute Gasteiger partial charge is 0.321 e. The number of nitrogens with one attached hydrogen (secondary N) is 1. The molecule has 0 bridgehead atoms. The Morgan fingerprint density at radius 3 is 2.60 bits per heavy atom. The highest BCUT2D eigenvalue weighted by atomic mass is 79.9. The van der Waals surface area contributed by atoms with Crippen molar-refractivity contribution in [1.29, 1.82) is 0 Å². The van der Waals surface area contributed by atoms with E-state index in [1.54, 1.807) is 6.92 Å². The summed E-state index contributed by atoms with van der Waals surface area (Å²) in [5.41, 5.74) is 0.540. The Kier molecular flexibility index (Phi) is 3.73. The van der Waals surface area contributed by atoms with Crippen molar-refractivity contribution in [2.75, 3.05) is 5.32 Å². The number of alkyl halides is 2. The van der Waals surface area contributed by atoms with Gasteiger partial charge < -0.3 is 5.32 Å². The van der Waals surface area contributed by atoms with E-state index in [0.29, 0.717) is 5.56 Å². The fourth-order valence-corrected chi connectivity index (χ4v) is 1.43. The summed E-state index contributed by atoms with van der Waals surface area (Å²) in [6.45, 7) is 1.57. The first kappa shape index (κ1) is 12.0. The first-order chi connectivity index (χ1) is 6.91. The predicted octanol–water partition coefficient (Wildman–Crippen LogP) is 3.10. The van der Waals surface area contributed by atoms with Crippen LogP contribution in [0.5, 0.6) is 0 Å². The summed E-state index contributed by atoms with van der Waals surface area (Å²) in [5, 5.41) is 1.93. The fraction of sp³-hybridized carbons (Fsp3) is 0.222. The number of carbonyl (C=O) groups is 1. The van der Waals surface area contributed by atoms with Gasteiger partial charge >= 0.3 is 6.43 Å². The van der Waals surface area contributed by atoms with Gasteiger partial charge in [-0.1, -0.05) is 0 Å². The highest BCUT2D eigenvalue weighted by Gasteiger charge is 2.16. The van der Waals surface area contributed by atoms with Crippen molar-refractivity contribution in [3.63, 3.8) is 0 Å². The molecule has 1 N–H and O–H groups in total. The average molecular weight is 282 g/mol. The van der Waals surface area contributed by atoms with Gasteiger partial charge in [0.1, 0.15) is 5.82 Å². The predicted molar refractivity (Wildman–Crippen MR) is 53.5 cm³/mol. The number of aryl methyl sites for hydroxylation is 1. The van der Waals surface area contributed by atoms with Crippen LogP contribution >= 0.6 is 15.9 Å². The summed E-state index contributed by atoms with van der Waals surface area (Å²) in [4.78, 5) is 10.7. The standard InChI is InChI=1S/C9H7BrF3NO/c1-4-2-5(10)6(11)3-7(4)14-9(15)8(12)13/h2-3,8H,1H3,(H,14,15). The van der Waals surface area contributed by atoms with Gasteiger partial charge in [0.05, 0.1) is 4.47 Å². The van der Waals surface area contributed by atoms with Gasteiger partial charge in [0.15, 0.2) is 0 Å². The van der Waals surface area contributed by atoms with E-state index in [1.165, 1.54) is 6.07 Å². The molecule has 0 saturated heterocycles. The van der Waals surface area contributed by atoms with E-state index in [4.69, 9.17) is 0 Å². The molecule has 1 aromatic carbocycles. The molecule has 0 atom stereocenters. The Morgan fingerprint density at radius 1 is 1.47 bits per heavy atom. The van der Waals surface area contributed by atoms with E-state index >= 15 is 0 Å². The summed E-state index contributed by atoms with van der Waals surface area (Å²) >= 11 is 2.94. The van der Waals surface area contributed by atoms with E-state index in [2.05, 4.69) is 15.9 Å². The van der Waals surface area contributed by atoms with Crippen molar-refractivity contribution < 1.29 is 18.0 Å². The number of hydrogen-bond acceptors (Lipinski definition) is 1. The van der Waals surface area contributed by atoms with Crippen LogP contribution < -0.4 is 5.32 Å². The molecule has 1 amide bonds. The average Bonchev–Trinajstić information content (AvgIpc) is 2.13. The van der Waals surface area contributed by atoms with Gasteiger partial charge in [-0.25, -0.2) is 4.39 Å². The Bertz CT molecular complexity index is 395.